The summed E-state index contributed by atoms with van der Waals surface area (Å²) in [6.45, 7) is 0. The van der Waals surface area contributed by atoms with E-state index in [0.29, 0.717) is 0 Å². The van der Waals surface area contributed by atoms with Crippen LogP contribution in [0.25, 0.3) is 0 Å². The Labute approximate surface area is 185 Å². The summed E-state index contributed by atoms with van der Waals surface area (Å²) in [5.41, 5.74) is 0. The lowest BCUT2D eigenvalue weighted by Crippen LogP contribution is -2.02. The van der Waals surface area contributed by atoms with E-state index >= 15 is 0 Å². The van der Waals surface area contributed by atoms with Gasteiger partial charge in [-0.15, -0.1) is 47.0 Å². The van der Waals surface area contributed by atoms with Gasteiger partial charge in [0.1, 0.15) is 0 Å². The number of rotatable bonds is 13. The van der Waals surface area contributed by atoms with Gasteiger partial charge in [-0.25, -0.2) is 0 Å². The second-order valence-corrected chi connectivity index (χ2v) is 15.2. The van der Waals surface area contributed by atoms with Gasteiger partial charge in [0.25, 0.3) is 0 Å². The number of hydrogen-bond acceptors (Lipinski definition) is 8. The van der Waals surface area contributed by atoms with Crippen LogP contribution < -0.4 is 0 Å². The highest BCUT2D eigenvalue weighted by molar-refractivity contribution is 8.21. The Morgan fingerprint density at radius 2 is 1.17 bits per heavy atom. The SMILES string of the molecule is SCC1CSC(CCCSCCSCCCC2SCC(CS)S2)S1. The normalized spacial score (nSPS) is 30.2. The van der Waals surface area contributed by atoms with Crippen molar-refractivity contribution in [3.05, 3.63) is 0 Å². The van der Waals surface area contributed by atoms with Gasteiger partial charge >= 0.3 is 0 Å². The van der Waals surface area contributed by atoms with E-state index in [1.807, 2.05) is 0 Å². The van der Waals surface area contributed by atoms with Crippen LogP contribution in [0, 0.1) is 0 Å². The molecular weight excluding hydrogens is 449 g/mol. The summed E-state index contributed by atoms with van der Waals surface area (Å²) in [4.78, 5) is 0. The molecule has 0 aliphatic carbocycles. The number of hydrogen-bond donors (Lipinski definition) is 2. The molecule has 0 saturated carbocycles. The fraction of sp³-hybridized carbons (Fsp3) is 1.00. The zero-order valence-corrected chi connectivity index (χ0v) is 20.8. The van der Waals surface area contributed by atoms with E-state index in [1.165, 1.54) is 60.2 Å². The van der Waals surface area contributed by atoms with Gasteiger partial charge in [0.05, 0.1) is 9.16 Å². The maximum atomic E-state index is 4.42. The van der Waals surface area contributed by atoms with E-state index in [-0.39, 0.29) is 0 Å². The zero-order chi connectivity index (χ0) is 17.0. The average molecular weight is 479 g/mol. The third-order valence-corrected chi connectivity index (χ3v) is 14.5. The number of thiol groups is 2. The van der Waals surface area contributed by atoms with Crippen LogP contribution in [0.5, 0.6) is 0 Å². The molecule has 0 N–H and O–H groups in total. The number of thioether (sulfide) groups is 6. The van der Waals surface area contributed by atoms with Gasteiger partial charge in [-0.1, -0.05) is 0 Å². The van der Waals surface area contributed by atoms with Gasteiger partial charge < -0.3 is 0 Å². The van der Waals surface area contributed by atoms with Gasteiger partial charge in [0, 0.05) is 45.0 Å². The van der Waals surface area contributed by atoms with E-state index in [0.717, 1.165) is 31.2 Å². The Kier molecular flexibility index (Phi) is 14.2. The first kappa shape index (κ1) is 23.1. The molecule has 2 aliphatic heterocycles. The summed E-state index contributed by atoms with van der Waals surface area (Å²) in [5.74, 6) is 10.1. The molecule has 142 valence electrons. The fourth-order valence-electron chi connectivity index (χ4n) is 2.54. The van der Waals surface area contributed by atoms with Crippen LogP contribution in [0.3, 0.4) is 0 Å². The molecule has 0 bridgehead atoms. The van der Waals surface area contributed by atoms with Crippen LogP contribution in [0.1, 0.15) is 25.7 Å². The molecular formula is C16H30S8. The lowest BCUT2D eigenvalue weighted by atomic mass is 10.4. The van der Waals surface area contributed by atoms with Gasteiger partial charge in [-0.05, 0) is 37.2 Å². The van der Waals surface area contributed by atoms with Crippen LogP contribution in [0.2, 0.25) is 0 Å². The molecule has 8 heteroatoms. The molecule has 0 aromatic rings. The third kappa shape index (κ3) is 9.83. The van der Waals surface area contributed by atoms with Crippen molar-refractivity contribution in [1.29, 1.82) is 0 Å². The third-order valence-electron chi connectivity index (χ3n) is 3.86. The van der Waals surface area contributed by atoms with Crippen molar-refractivity contribution in [1.82, 2.24) is 0 Å². The molecule has 4 atom stereocenters. The Morgan fingerprint density at radius 3 is 1.54 bits per heavy atom. The molecule has 2 heterocycles. The predicted molar refractivity (Wildman–Crippen MR) is 136 cm³/mol. The highest BCUT2D eigenvalue weighted by Gasteiger charge is 2.24. The summed E-state index contributed by atoms with van der Waals surface area (Å²) in [7, 11) is 0. The smallest absolute Gasteiger partial charge is 0.0506 e. The van der Waals surface area contributed by atoms with Crippen molar-refractivity contribution in [2.75, 3.05) is 46.0 Å². The topological polar surface area (TPSA) is 0 Å². The van der Waals surface area contributed by atoms with Gasteiger partial charge in [-0.3, -0.25) is 0 Å². The summed E-state index contributed by atoms with van der Waals surface area (Å²) < 4.78 is 1.70. The first-order chi connectivity index (χ1) is 11.8. The second kappa shape index (κ2) is 14.7. The van der Waals surface area contributed by atoms with Gasteiger partial charge in [0.15, 0.2) is 0 Å². The molecule has 2 aliphatic rings. The summed E-state index contributed by atoms with van der Waals surface area (Å²) >= 11 is 21.8. The van der Waals surface area contributed by atoms with Crippen molar-refractivity contribution in [2.45, 2.75) is 45.3 Å². The Bertz CT molecular complexity index is 286. The van der Waals surface area contributed by atoms with Crippen LogP contribution in [-0.2, 0) is 0 Å². The van der Waals surface area contributed by atoms with E-state index in [9.17, 15) is 0 Å². The maximum absolute atomic E-state index is 4.42. The molecule has 0 amide bonds. The summed E-state index contributed by atoms with van der Waals surface area (Å²) in [6.07, 6.45) is 5.57. The van der Waals surface area contributed by atoms with Crippen molar-refractivity contribution in [3.63, 3.8) is 0 Å². The fourth-order valence-corrected chi connectivity index (χ4v) is 12.3. The largest absolute Gasteiger partial charge is 0.178 e. The van der Waals surface area contributed by atoms with Crippen molar-refractivity contribution >= 4 is 95.8 Å². The van der Waals surface area contributed by atoms with Crippen LogP contribution >= 0.6 is 95.8 Å². The molecule has 0 spiro atoms. The Balaban J connectivity index is 1.30. The monoisotopic (exact) mass is 478 g/mol. The minimum absolute atomic E-state index is 0.803. The minimum Gasteiger partial charge on any atom is -0.178 e. The molecule has 2 fully saturated rings. The molecule has 0 aromatic carbocycles. The van der Waals surface area contributed by atoms with Crippen LogP contribution in [-0.4, -0.2) is 65.7 Å². The van der Waals surface area contributed by atoms with E-state index in [1.54, 1.807) is 0 Å². The summed E-state index contributed by atoms with van der Waals surface area (Å²) in [5, 5.41) is 1.61. The van der Waals surface area contributed by atoms with Crippen molar-refractivity contribution in [3.8, 4) is 0 Å². The maximum Gasteiger partial charge on any atom is 0.0506 e. The van der Waals surface area contributed by atoms with Crippen LogP contribution in [0.15, 0.2) is 0 Å². The van der Waals surface area contributed by atoms with E-state index in [4.69, 9.17) is 0 Å². The van der Waals surface area contributed by atoms with Crippen molar-refractivity contribution < 1.29 is 0 Å². The lowest BCUT2D eigenvalue weighted by Gasteiger charge is -2.09. The molecule has 0 nitrogen and oxygen atoms in total. The molecule has 4 unspecified atom stereocenters. The van der Waals surface area contributed by atoms with E-state index < -0.39 is 0 Å². The first-order valence-corrected chi connectivity index (χ1v) is 16.3. The molecule has 2 rings (SSSR count). The van der Waals surface area contributed by atoms with E-state index in [2.05, 4.69) is 95.8 Å². The lowest BCUT2D eigenvalue weighted by molar-refractivity contribution is 0.881. The van der Waals surface area contributed by atoms with Crippen molar-refractivity contribution in [2.24, 2.45) is 0 Å². The Morgan fingerprint density at radius 1 is 0.708 bits per heavy atom. The average Bonchev–Trinajstić information content (AvgIpc) is 3.25. The second-order valence-electron chi connectivity index (χ2n) is 5.92. The highest BCUT2D eigenvalue weighted by atomic mass is 32.2. The quantitative estimate of drug-likeness (QED) is 0.236. The standard InChI is InChI=1S/C16H30S8/c17-9-13-11-21-15(23-13)3-1-5-19-7-8-20-6-2-4-16-22-12-14(10-18)24-16/h13-18H,1-12H2. The predicted octanol–water partition coefficient (Wildman–Crippen LogP) is 6.22. The van der Waals surface area contributed by atoms with Crippen LogP contribution in [0.4, 0.5) is 0 Å². The molecule has 0 radical (unpaired) electrons. The summed E-state index contributed by atoms with van der Waals surface area (Å²) in [6, 6.07) is 0. The molecule has 0 aromatic heterocycles. The molecule has 2 saturated heterocycles. The van der Waals surface area contributed by atoms with Gasteiger partial charge in [0.2, 0.25) is 0 Å². The zero-order valence-electron chi connectivity index (χ0n) is 14.1. The minimum atomic E-state index is 0.803. The molecule has 24 heavy (non-hydrogen) atoms. The Hall–Kier alpha value is 2.80. The first-order valence-electron chi connectivity index (χ1n) is 8.73. The highest BCUT2D eigenvalue weighted by Crippen LogP contribution is 2.41. The van der Waals surface area contributed by atoms with Gasteiger partial charge in [-0.2, -0.15) is 48.8 Å².